The molecule has 0 fully saturated rings. The molecule has 0 aliphatic heterocycles. The normalized spacial score (nSPS) is 10.2. The molecule has 5 heteroatoms. The van der Waals surface area contributed by atoms with Crippen LogP contribution < -0.4 is 4.57 Å². The molecule has 1 heterocycles. The van der Waals surface area contributed by atoms with Crippen molar-refractivity contribution in [3.05, 3.63) is 46.8 Å². The van der Waals surface area contributed by atoms with Crippen molar-refractivity contribution in [2.24, 2.45) is 7.05 Å². The van der Waals surface area contributed by atoms with Gasteiger partial charge < -0.3 is 0 Å². The van der Waals surface area contributed by atoms with Gasteiger partial charge in [-0.2, -0.15) is 0 Å². The molecule has 1 aromatic heterocycles. The summed E-state index contributed by atoms with van der Waals surface area (Å²) < 4.78 is 1.92. The largest absolute Gasteiger partial charge is 0.286 e. The third-order valence-corrected chi connectivity index (χ3v) is 2.22. The van der Waals surface area contributed by atoms with Crippen LogP contribution in [0.1, 0.15) is 0 Å². The summed E-state index contributed by atoms with van der Waals surface area (Å²) in [5, 5.41) is 10.5. The third-order valence-electron chi connectivity index (χ3n) is 2.22. The first-order valence-electron chi connectivity index (χ1n) is 4.46. The number of aryl methyl sites for hydroxylation is 1. The van der Waals surface area contributed by atoms with Crippen LogP contribution in [0.2, 0.25) is 0 Å². The van der Waals surface area contributed by atoms with E-state index in [1.807, 2.05) is 24.0 Å². The van der Waals surface area contributed by atoms with E-state index in [0.29, 0.717) is 0 Å². The number of hydrogen-bond acceptors (Lipinski definition) is 2. The highest BCUT2D eigenvalue weighted by Crippen LogP contribution is 2.17. The number of aromatic nitrogens is 2. The maximum Gasteiger partial charge on any atom is 0.286 e. The van der Waals surface area contributed by atoms with E-state index in [1.165, 1.54) is 12.1 Å². The Bertz CT molecular complexity index is 488. The summed E-state index contributed by atoms with van der Waals surface area (Å²) in [4.78, 5) is 13.1. The highest BCUT2D eigenvalue weighted by molar-refractivity contribution is 5.54. The number of imidazole rings is 1. The van der Waals surface area contributed by atoms with Crippen molar-refractivity contribution >= 4 is 5.69 Å². The first-order valence-corrected chi connectivity index (χ1v) is 4.46. The SMILES string of the molecule is C[n+]1cc[nH]c1-c1ccc([N+](=O)[O-])cc1. The predicted octanol–water partition coefficient (Wildman–Crippen LogP) is 1.41. The Morgan fingerprint density at radius 2 is 2.00 bits per heavy atom. The first-order chi connectivity index (χ1) is 7.18. The maximum absolute atomic E-state index is 10.5. The van der Waals surface area contributed by atoms with Crippen molar-refractivity contribution in [1.82, 2.24) is 4.98 Å². The summed E-state index contributed by atoms with van der Waals surface area (Å²) in [6, 6.07) is 6.44. The fraction of sp³-hybridized carbons (Fsp3) is 0.100. The molecule has 76 valence electrons. The van der Waals surface area contributed by atoms with E-state index in [-0.39, 0.29) is 5.69 Å². The monoisotopic (exact) mass is 204 g/mol. The van der Waals surface area contributed by atoms with Crippen LogP contribution in [0.15, 0.2) is 36.7 Å². The van der Waals surface area contributed by atoms with Crippen LogP contribution >= 0.6 is 0 Å². The lowest BCUT2D eigenvalue weighted by atomic mass is 10.2. The van der Waals surface area contributed by atoms with Crippen LogP contribution in [0, 0.1) is 10.1 Å². The van der Waals surface area contributed by atoms with Gasteiger partial charge in [-0.3, -0.25) is 10.1 Å². The van der Waals surface area contributed by atoms with E-state index in [2.05, 4.69) is 4.98 Å². The molecule has 0 atom stereocenters. The third kappa shape index (κ3) is 1.71. The minimum atomic E-state index is -0.404. The molecular weight excluding hydrogens is 194 g/mol. The van der Waals surface area contributed by atoms with E-state index in [0.717, 1.165) is 11.4 Å². The molecule has 0 radical (unpaired) electrons. The minimum Gasteiger partial charge on any atom is -0.258 e. The zero-order valence-corrected chi connectivity index (χ0v) is 8.18. The quantitative estimate of drug-likeness (QED) is 0.456. The van der Waals surface area contributed by atoms with Crippen molar-refractivity contribution in [1.29, 1.82) is 0 Å². The molecule has 1 N–H and O–H groups in total. The van der Waals surface area contributed by atoms with Crippen LogP contribution in [-0.4, -0.2) is 9.91 Å². The van der Waals surface area contributed by atoms with E-state index < -0.39 is 4.92 Å². The van der Waals surface area contributed by atoms with Gasteiger partial charge in [0.2, 0.25) is 0 Å². The maximum atomic E-state index is 10.5. The van der Waals surface area contributed by atoms with Gasteiger partial charge in [-0.25, -0.2) is 9.55 Å². The van der Waals surface area contributed by atoms with E-state index in [1.54, 1.807) is 12.1 Å². The summed E-state index contributed by atoms with van der Waals surface area (Å²) in [5.74, 6) is 0.921. The number of non-ortho nitro benzene ring substituents is 1. The zero-order valence-electron chi connectivity index (χ0n) is 8.18. The Labute approximate surface area is 86.1 Å². The Morgan fingerprint density at radius 1 is 1.33 bits per heavy atom. The molecule has 0 saturated heterocycles. The summed E-state index contributed by atoms with van der Waals surface area (Å²) in [6.07, 6.45) is 3.70. The summed E-state index contributed by atoms with van der Waals surface area (Å²) >= 11 is 0. The number of nitro benzene ring substituents is 1. The summed E-state index contributed by atoms with van der Waals surface area (Å²) in [6.45, 7) is 0. The van der Waals surface area contributed by atoms with Crippen LogP contribution in [0.25, 0.3) is 11.4 Å². The molecule has 2 aromatic rings. The molecule has 1 aromatic carbocycles. The lowest BCUT2D eigenvalue weighted by Gasteiger charge is -1.95. The Balaban J connectivity index is 2.40. The van der Waals surface area contributed by atoms with Gasteiger partial charge in [0.1, 0.15) is 12.4 Å². The highest BCUT2D eigenvalue weighted by atomic mass is 16.6. The Hall–Kier alpha value is -2.17. The lowest BCUT2D eigenvalue weighted by Crippen LogP contribution is -2.27. The molecule has 0 bridgehead atoms. The smallest absolute Gasteiger partial charge is 0.258 e. The number of rotatable bonds is 2. The van der Waals surface area contributed by atoms with Crippen molar-refractivity contribution in [2.45, 2.75) is 0 Å². The van der Waals surface area contributed by atoms with Crippen molar-refractivity contribution in [2.75, 3.05) is 0 Å². The van der Waals surface area contributed by atoms with Gasteiger partial charge in [-0.1, -0.05) is 0 Å². The Kier molecular flexibility index (Phi) is 2.21. The number of nitro groups is 1. The topological polar surface area (TPSA) is 62.8 Å². The fourth-order valence-electron chi connectivity index (χ4n) is 1.43. The second-order valence-electron chi connectivity index (χ2n) is 3.22. The molecule has 15 heavy (non-hydrogen) atoms. The van der Waals surface area contributed by atoms with Crippen LogP contribution in [0.4, 0.5) is 5.69 Å². The standard InChI is InChI=1S/C10H9N3O2/c1-12-7-6-11-10(12)8-2-4-9(5-3-8)13(14)15/h2-7H,1H3/p+1. The van der Waals surface area contributed by atoms with Crippen molar-refractivity contribution in [3.63, 3.8) is 0 Å². The number of aromatic amines is 1. The Morgan fingerprint density at radius 3 is 2.47 bits per heavy atom. The van der Waals surface area contributed by atoms with Gasteiger partial charge in [0.25, 0.3) is 11.5 Å². The number of nitrogens with one attached hydrogen (secondary N) is 1. The molecule has 0 aliphatic rings. The first kappa shape index (κ1) is 9.39. The summed E-state index contributed by atoms with van der Waals surface area (Å²) in [5.41, 5.74) is 1.03. The molecular formula is C10H10N3O2+. The number of benzene rings is 1. The average Bonchev–Trinajstić information content (AvgIpc) is 2.65. The second-order valence-corrected chi connectivity index (χ2v) is 3.22. The van der Waals surface area contributed by atoms with Gasteiger partial charge in [-0.15, -0.1) is 0 Å². The molecule has 0 unspecified atom stereocenters. The van der Waals surface area contributed by atoms with Gasteiger partial charge in [0.15, 0.2) is 0 Å². The van der Waals surface area contributed by atoms with E-state index in [9.17, 15) is 10.1 Å². The van der Waals surface area contributed by atoms with E-state index >= 15 is 0 Å². The molecule has 0 spiro atoms. The molecule has 2 rings (SSSR count). The number of hydrogen-bond donors (Lipinski definition) is 1. The van der Waals surface area contributed by atoms with Crippen molar-refractivity contribution < 1.29 is 9.49 Å². The molecule has 0 aliphatic carbocycles. The van der Waals surface area contributed by atoms with Gasteiger partial charge >= 0.3 is 0 Å². The molecule has 5 nitrogen and oxygen atoms in total. The predicted molar refractivity (Wildman–Crippen MR) is 54.1 cm³/mol. The molecule has 0 saturated carbocycles. The van der Waals surface area contributed by atoms with Gasteiger partial charge in [0.05, 0.1) is 17.5 Å². The average molecular weight is 204 g/mol. The van der Waals surface area contributed by atoms with Crippen LogP contribution in [-0.2, 0) is 7.05 Å². The fourth-order valence-corrected chi connectivity index (χ4v) is 1.43. The lowest BCUT2D eigenvalue weighted by molar-refractivity contribution is -0.658. The number of H-pyrrole nitrogens is 1. The van der Waals surface area contributed by atoms with Gasteiger partial charge in [-0.05, 0) is 12.1 Å². The second kappa shape index (κ2) is 3.53. The zero-order chi connectivity index (χ0) is 10.8. The van der Waals surface area contributed by atoms with Crippen LogP contribution in [0.5, 0.6) is 0 Å². The van der Waals surface area contributed by atoms with Crippen LogP contribution in [0.3, 0.4) is 0 Å². The number of nitrogens with zero attached hydrogens (tertiary/aromatic N) is 2. The van der Waals surface area contributed by atoms with Crippen molar-refractivity contribution in [3.8, 4) is 11.4 Å². The molecule has 0 amide bonds. The highest BCUT2D eigenvalue weighted by Gasteiger charge is 2.11. The summed E-state index contributed by atoms with van der Waals surface area (Å²) in [7, 11) is 1.91. The van der Waals surface area contributed by atoms with Gasteiger partial charge in [0, 0.05) is 12.1 Å². The minimum absolute atomic E-state index is 0.105. The van der Waals surface area contributed by atoms with E-state index in [4.69, 9.17) is 0 Å².